The lowest BCUT2D eigenvalue weighted by Crippen LogP contribution is -2.40. The Morgan fingerprint density at radius 1 is 1.10 bits per heavy atom. The first-order chi connectivity index (χ1) is 18.8. The predicted octanol–water partition coefficient (Wildman–Crippen LogP) is 6.12. The highest BCUT2D eigenvalue weighted by Gasteiger charge is 2.29. The molecule has 1 aromatic heterocycles. The molecule has 1 fully saturated rings. The van der Waals surface area contributed by atoms with Crippen molar-refractivity contribution in [1.82, 2.24) is 15.1 Å². The van der Waals surface area contributed by atoms with Crippen LogP contribution in [-0.4, -0.2) is 39.9 Å². The number of methoxy groups -OCH3 is 1. The average Bonchev–Trinajstić information content (AvgIpc) is 3.37. The van der Waals surface area contributed by atoms with Crippen LogP contribution >= 0.6 is 0 Å². The Morgan fingerprint density at radius 3 is 2.51 bits per heavy atom. The number of ether oxygens (including phenoxy) is 2. The topological polar surface area (TPSA) is 103 Å². The monoisotopic (exact) mass is 533 g/mol. The standard InChI is InChI=1S/C31H39N3O5/c1-20(2)24(18-29(35)36)32-31(37)25-17-26(34(33-25)23-13-8-10-21(3)16-23)30-27(38-4)14-9-15-28(30)39-19-22-11-6-5-7-12-22/h5-7,9,11-12,14-15,17,20-21,23-24H,8,10,13,16,18-19H2,1-4H3,(H,32,37)(H,35,36). The lowest BCUT2D eigenvalue weighted by atomic mass is 9.87. The lowest BCUT2D eigenvalue weighted by molar-refractivity contribution is -0.137. The zero-order chi connectivity index (χ0) is 27.9. The molecule has 1 heterocycles. The normalized spacial score (nSPS) is 18.0. The van der Waals surface area contributed by atoms with Crippen molar-refractivity contribution in [1.29, 1.82) is 0 Å². The van der Waals surface area contributed by atoms with E-state index in [1.807, 2.05) is 67.1 Å². The number of hydrogen-bond donors (Lipinski definition) is 2. The number of amides is 1. The maximum absolute atomic E-state index is 13.4. The van der Waals surface area contributed by atoms with Gasteiger partial charge in [-0.2, -0.15) is 5.10 Å². The minimum absolute atomic E-state index is 0.0435. The molecule has 3 aromatic rings. The fraction of sp³-hybridized carbons (Fsp3) is 0.452. The fourth-order valence-corrected chi connectivity index (χ4v) is 5.27. The second kappa shape index (κ2) is 12.8. The summed E-state index contributed by atoms with van der Waals surface area (Å²) in [5.74, 6) is 0.430. The molecule has 0 aliphatic heterocycles. The van der Waals surface area contributed by atoms with Crippen LogP contribution in [0.3, 0.4) is 0 Å². The Bertz CT molecular complexity index is 1270. The van der Waals surface area contributed by atoms with Crippen LogP contribution in [0.4, 0.5) is 0 Å². The van der Waals surface area contributed by atoms with Gasteiger partial charge in [0.2, 0.25) is 0 Å². The van der Waals surface area contributed by atoms with E-state index in [4.69, 9.17) is 14.6 Å². The third-order valence-corrected chi connectivity index (χ3v) is 7.44. The Balaban J connectivity index is 1.75. The Labute approximate surface area is 230 Å². The summed E-state index contributed by atoms with van der Waals surface area (Å²) in [6.07, 6.45) is 4.03. The van der Waals surface area contributed by atoms with E-state index in [-0.39, 0.29) is 30.0 Å². The molecular weight excluding hydrogens is 494 g/mol. The summed E-state index contributed by atoms with van der Waals surface area (Å²) < 4.78 is 14.0. The van der Waals surface area contributed by atoms with Gasteiger partial charge in [-0.05, 0) is 48.4 Å². The van der Waals surface area contributed by atoms with Crippen LogP contribution in [-0.2, 0) is 11.4 Å². The van der Waals surface area contributed by atoms with Crippen molar-refractivity contribution in [3.63, 3.8) is 0 Å². The van der Waals surface area contributed by atoms with E-state index in [1.54, 1.807) is 13.2 Å². The number of carbonyl (C=O) groups excluding carboxylic acids is 1. The Hall–Kier alpha value is -3.81. The molecule has 208 valence electrons. The van der Waals surface area contributed by atoms with Crippen LogP contribution in [0.2, 0.25) is 0 Å². The van der Waals surface area contributed by atoms with Gasteiger partial charge in [-0.15, -0.1) is 0 Å². The molecule has 1 amide bonds. The van der Waals surface area contributed by atoms with Gasteiger partial charge in [-0.25, -0.2) is 0 Å². The van der Waals surface area contributed by atoms with E-state index < -0.39 is 12.0 Å². The molecule has 8 heteroatoms. The molecule has 3 unspecified atom stereocenters. The predicted molar refractivity (Wildman–Crippen MR) is 150 cm³/mol. The van der Waals surface area contributed by atoms with E-state index in [9.17, 15) is 14.7 Å². The first-order valence-electron chi connectivity index (χ1n) is 13.7. The number of carboxylic acid groups (broad SMARTS) is 1. The summed E-state index contributed by atoms with van der Waals surface area (Å²) in [6, 6.07) is 17.0. The van der Waals surface area contributed by atoms with Crippen LogP contribution in [0, 0.1) is 11.8 Å². The Morgan fingerprint density at radius 2 is 1.85 bits per heavy atom. The lowest BCUT2D eigenvalue weighted by Gasteiger charge is -2.29. The summed E-state index contributed by atoms with van der Waals surface area (Å²) in [4.78, 5) is 24.8. The number of carbonyl (C=O) groups is 2. The summed E-state index contributed by atoms with van der Waals surface area (Å²) in [6.45, 7) is 6.42. The molecule has 39 heavy (non-hydrogen) atoms. The van der Waals surface area contributed by atoms with Crippen molar-refractivity contribution in [3.05, 3.63) is 65.9 Å². The van der Waals surface area contributed by atoms with Crippen molar-refractivity contribution in [2.75, 3.05) is 7.11 Å². The quantitative estimate of drug-likeness (QED) is 0.308. The highest BCUT2D eigenvalue weighted by atomic mass is 16.5. The summed E-state index contributed by atoms with van der Waals surface area (Å²) in [5.41, 5.74) is 2.78. The van der Waals surface area contributed by atoms with E-state index in [1.165, 1.54) is 6.42 Å². The number of carboxylic acids is 1. The number of rotatable bonds is 11. The fourth-order valence-electron chi connectivity index (χ4n) is 5.27. The number of aromatic nitrogens is 2. The summed E-state index contributed by atoms with van der Waals surface area (Å²) >= 11 is 0. The molecule has 2 aromatic carbocycles. The first-order valence-corrected chi connectivity index (χ1v) is 13.7. The highest BCUT2D eigenvalue weighted by molar-refractivity contribution is 5.94. The third kappa shape index (κ3) is 6.99. The molecule has 0 bridgehead atoms. The van der Waals surface area contributed by atoms with Crippen LogP contribution in [0.25, 0.3) is 11.3 Å². The van der Waals surface area contributed by atoms with E-state index >= 15 is 0 Å². The number of nitrogens with one attached hydrogen (secondary N) is 1. The van der Waals surface area contributed by atoms with Crippen molar-refractivity contribution in [2.45, 2.75) is 71.6 Å². The molecule has 4 rings (SSSR count). The molecule has 1 aliphatic carbocycles. The van der Waals surface area contributed by atoms with E-state index in [0.717, 1.165) is 36.1 Å². The van der Waals surface area contributed by atoms with E-state index in [2.05, 4.69) is 12.2 Å². The maximum Gasteiger partial charge on any atom is 0.305 e. The minimum atomic E-state index is -0.953. The van der Waals surface area contributed by atoms with E-state index in [0.29, 0.717) is 24.0 Å². The molecule has 8 nitrogen and oxygen atoms in total. The van der Waals surface area contributed by atoms with Gasteiger partial charge in [0.25, 0.3) is 5.91 Å². The van der Waals surface area contributed by atoms with Crippen molar-refractivity contribution in [2.24, 2.45) is 11.8 Å². The molecule has 0 saturated heterocycles. The number of hydrogen-bond acceptors (Lipinski definition) is 5. The van der Waals surface area contributed by atoms with Crippen molar-refractivity contribution < 1.29 is 24.2 Å². The summed E-state index contributed by atoms with van der Waals surface area (Å²) in [7, 11) is 1.62. The van der Waals surface area contributed by atoms with Gasteiger partial charge in [-0.3, -0.25) is 14.3 Å². The number of aliphatic carboxylic acids is 1. The minimum Gasteiger partial charge on any atom is -0.496 e. The zero-order valence-electron chi connectivity index (χ0n) is 23.2. The van der Waals surface area contributed by atoms with Gasteiger partial charge in [0.1, 0.15) is 18.1 Å². The van der Waals surface area contributed by atoms with Crippen LogP contribution in [0.1, 0.15) is 75.0 Å². The third-order valence-electron chi connectivity index (χ3n) is 7.44. The Kier molecular flexibility index (Phi) is 9.28. The number of nitrogens with zero attached hydrogens (tertiary/aromatic N) is 2. The van der Waals surface area contributed by atoms with Crippen LogP contribution < -0.4 is 14.8 Å². The molecule has 2 N–H and O–H groups in total. The van der Waals surface area contributed by atoms with Crippen LogP contribution in [0.5, 0.6) is 11.5 Å². The maximum atomic E-state index is 13.4. The zero-order valence-corrected chi connectivity index (χ0v) is 23.2. The molecular formula is C31H39N3O5. The second-order valence-corrected chi connectivity index (χ2v) is 10.8. The van der Waals surface area contributed by atoms with Gasteiger partial charge >= 0.3 is 5.97 Å². The van der Waals surface area contributed by atoms with Gasteiger partial charge in [0.15, 0.2) is 5.69 Å². The largest absolute Gasteiger partial charge is 0.496 e. The highest BCUT2D eigenvalue weighted by Crippen LogP contribution is 2.42. The number of benzene rings is 2. The van der Waals surface area contributed by atoms with Gasteiger partial charge in [0.05, 0.1) is 30.8 Å². The van der Waals surface area contributed by atoms with Gasteiger partial charge < -0.3 is 19.9 Å². The van der Waals surface area contributed by atoms with Gasteiger partial charge in [-0.1, -0.05) is 70.0 Å². The van der Waals surface area contributed by atoms with Gasteiger partial charge in [0, 0.05) is 6.04 Å². The molecule has 1 aliphatic rings. The SMILES string of the molecule is COc1cccc(OCc2ccccc2)c1-c1cc(C(=O)NC(CC(=O)O)C(C)C)nn1C1CCCC(C)C1. The molecule has 0 radical (unpaired) electrons. The first kappa shape index (κ1) is 28.2. The molecule has 0 spiro atoms. The molecule has 3 atom stereocenters. The molecule has 1 saturated carbocycles. The van der Waals surface area contributed by atoms with Crippen LogP contribution in [0.15, 0.2) is 54.6 Å². The smallest absolute Gasteiger partial charge is 0.305 e. The van der Waals surface area contributed by atoms with Crippen molar-refractivity contribution >= 4 is 11.9 Å². The average molecular weight is 534 g/mol. The second-order valence-electron chi connectivity index (χ2n) is 10.8. The summed E-state index contributed by atoms with van der Waals surface area (Å²) in [5, 5.41) is 17.0. The van der Waals surface area contributed by atoms with Crippen molar-refractivity contribution in [3.8, 4) is 22.8 Å².